The molecule has 0 bridgehead atoms. The number of ether oxygens (including phenoxy) is 1. The van der Waals surface area contributed by atoms with Crippen molar-refractivity contribution in [1.29, 1.82) is 5.41 Å². The van der Waals surface area contributed by atoms with Crippen molar-refractivity contribution < 1.29 is 19.4 Å². The number of carbonyl (C=O) groups is 2. The number of hydrogen-bond acceptors (Lipinski definition) is 5. The number of benzene rings is 3. The van der Waals surface area contributed by atoms with E-state index in [1.807, 2.05) is 78.9 Å². The average molecular weight is 504 g/mol. The second-order valence-electron chi connectivity index (χ2n) is 8.70. The molecule has 0 aromatic heterocycles. The van der Waals surface area contributed by atoms with Crippen LogP contribution in [0.25, 0.3) is 11.1 Å². The number of aliphatic carboxylic acids is 1. The molecule has 7 nitrogen and oxygen atoms in total. The number of carbonyl (C=O) groups excluding carboxylic acids is 1. The third-order valence-electron chi connectivity index (χ3n) is 6.22. The minimum atomic E-state index is -0.958. The van der Waals surface area contributed by atoms with Crippen LogP contribution >= 0.6 is 11.8 Å². The molecule has 0 spiro atoms. The lowest BCUT2D eigenvalue weighted by atomic mass is 10.0. The van der Waals surface area contributed by atoms with Crippen molar-refractivity contribution in [2.24, 2.45) is 11.7 Å². The molecule has 0 saturated carbocycles. The Morgan fingerprint density at radius 3 is 2.28 bits per heavy atom. The molecule has 2 atom stereocenters. The van der Waals surface area contributed by atoms with Crippen LogP contribution in [0.1, 0.15) is 18.4 Å². The minimum Gasteiger partial charge on any atom is -0.491 e. The molecule has 1 saturated heterocycles. The lowest BCUT2D eigenvalue weighted by molar-refractivity contribution is -0.142. The molecule has 3 aromatic carbocycles. The predicted octanol–water partition coefficient (Wildman–Crippen LogP) is 4.50. The van der Waals surface area contributed by atoms with E-state index in [1.54, 1.807) is 16.7 Å². The third-order valence-corrected chi connectivity index (χ3v) is 7.21. The largest absolute Gasteiger partial charge is 0.491 e. The maximum absolute atomic E-state index is 12.9. The summed E-state index contributed by atoms with van der Waals surface area (Å²) in [5, 5.41) is 16.7. The Hall–Kier alpha value is -3.78. The van der Waals surface area contributed by atoms with Crippen molar-refractivity contribution in [3.8, 4) is 16.9 Å². The van der Waals surface area contributed by atoms with E-state index in [9.17, 15) is 14.7 Å². The summed E-state index contributed by atoms with van der Waals surface area (Å²) in [4.78, 5) is 27.1. The first kappa shape index (κ1) is 25.3. The van der Waals surface area contributed by atoms with E-state index in [0.29, 0.717) is 30.9 Å². The molecule has 1 amide bonds. The highest BCUT2D eigenvalue weighted by Gasteiger charge is 2.40. The highest BCUT2D eigenvalue weighted by molar-refractivity contribution is 7.99. The Kier molecular flexibility index (Phi) is 8.28. The van der Waals surface area contributed by atoms with Gasteiger partial charge in [-0.25, -0.2) is 0 Å². The van der Waals surface area contributed by atoms with Crippen molar-refractivity contribution in [3.05, 3.63) is 84.4 Å². The zero-order valence-corrected chi connectivity index (χ0v) is 20.6. The fourth-order valence-corrected chi connectivity index (χ4v) is 5.23. The lowest BCUT2D eigenvalue weighted by Gasteiger charge is -2.25. The summed E-state index contributed by atoms with van der Waals surface area (Å²) in [6, 6.07) is 25.0. The van der Waals surface area contributed by atoms with Crippen molar-refractivity contribution in [2.75, 3.05) is 18.9 Å². The van der Waals surface area contributed by atoms with Gasteiger partial charge in [-0.1, -0.05) is 54.6 Å². The fraction of sp³-hybridized carbons (Fsp3) is 0.250. The average Bonchev–Trinajstić information content (AvgIpc) is 3.17. The van der Waals surface area contributed by atoms with Gasteiger partial charge in [0.05, 0.1) is 18.4 Å². The van der Waals surface area contributed by atoms with Crippen molar-refractivity contribution in [2.45, 2.75) is 23.8 Å². The number of nitrogen functional groups attached to an aromatic ring is 1. The molecule has 4 N–H and O–H groups in total. The molecule has 0 aliphatic carbocycles. The van der Waals surface area contributed by atoms with Gasteiger partial charge in [-0.3, -0.25) is 15.0 Å². The molecule has 0 radical (unpaired) electrons. The first-order chi connectivity index (χ1) is 17.4. The number of amidine groups is 1. The van der Waals surface area contributed by atoms with Gasteiger partial charge in [-0.15, -0.1) is 11.8 Å². The normalized spacial score (nSPS) is 17.2. The second-order valence-corrected chi connectivity index (χ2v) is 9.87. The number of amides is 1. The van der Waals surface area contributed by atoms with Gasteiger partial charge >= 0.3 is 5.97 Å². The smallest absolute Gasteiger partial charge is 0.304 e. The van der Waals surface area contributed by atoms with Gasteiger partial charge in [0.1, 0.15) is 18.2 Å². The number of hydrogen-bond donors (Lipinski definition) is 3. The van der Waals surface area contributed by atoms with Crippen LogP contribution in [-0.4, -0.2) is 52.7 Å². The summed E-state index contributed by atoms with van der Waals surface area (Å²) >= 11 is 1.67. The van der Waals surface area contributed by atoms with Crippen LogP contribution in [0.4, 0.5) is 0 Å². The SMILES string of the molecule is N=C(N)c1ccc(-c2ccc(OC[C@@H]3C[C@@H](CC(=O)O)C(=O)N3CCSc3ccccc3)cc2)cc1. The number of nitrogens with zero attached hydrogens (tertiary/aromatic N) is 1. The van der Waals surface area contributed by atoms with Crippen molar-refractivity contribution in [1.82, 2.24) is 4.90 Å². The minimum absolute atomic E-state index is 0.0361. The van der Waals surface area contributed by atoms with E-state index in [4.69, 9.17) is 15.9 Å². The van der Waals surface area contributed by atoms with Gasteiger partial charge in [0, 0.05) is 22.8 Å². The molecule has 0 unspecified atom stereocenters. The summed E-state index contributed by atoms with van der Waals surface area (Å²) < 4.78 is 6.04. The Labute approximate surface area is 214 Å². The topological polar surface area (TPSA) is 117 Å². The number of thioether (sulfide) groups is 1. The number of carboxylic acid groups (broad SMARTS) is 1. The molecule has 36 heavy (non-hydrogen) atoms. The summed E-state index contributed by atoms with van der Waals surface area (Å²) in [7, 11) is 0. The molecule has 4 rings (SSSR count). The molecule has 3 aromatic rings. The van der Waals surface area contributed by atoms with Gasteiger partial charge in [-0.2, -0.15) is 0 Å². The van der Waals surface area contributed by atoms with Gasteiger partial charge in [-0.05, 0) is 41.8 Å². The van der Waals surface area contributed by atoms with Crippen molar-refractivity contribution in [3.63, 3.8) is 0 Å². The standard InChI is InChI=1S/C28H29N3O4S/c29-27(30)21-8-6-19(7-9-21)20-10-12-24(13-11-20)35-18-23-16-22(17-26(32)33)28(34)31(23)14-15-36-25-4-2-1-3-5-25/h1-13,22-23H,14-18H2,(H3,29,30)(H,32,33)/t22-,23-/m0/s1. The third kappa shape index (κ3) is 6.46. The molecular weight excluding hydrogens is 474 g/mol. The van der Waals surface area contributed by atoms with Crippen LogP contribution in [0.3, 0.4) is 0 Å². The summed E-state index contributed by atoms with van der Waals surface area (Å²) in [5.41, 5.74) is 8.22. The molecule has 1 fully saturated rings. The van der Waals surface area contributed by atoms with Crippen LogP contribution in [0.5, 0.6) is 5.75 Å². The first-order valence-corrected chi connectivity index (χ1v) is 12.8. The van der Waals surface area contributed by atoms with Crippen LogP contribution in [0.2, 0.25) is 0 Å². The zero-order chi connectivity index (χ0) is 25.5. The molecule has 1 aliphatic rings. The lowest BCUT2D eigenvalue weighted by Crippen LogP contribution is -2.39. The Bertz CT molecular complexity index is 1200. The Balaban J connectivity index is 1.37. The second kappa shape index (κ2) is 11.8. The Morgan fingerprint density at radius 1 is 1.03 bits per heavy atom. The van der Waals surface area contributed by atoms with E-state index < -0.39 is 11.9 Å². The molecule has 8 heteroatoms. The maximum Gasteiger partial charge on any atom is 0.304 e. The van der Waals surface area contributed by atoms with Gasteiger partial charge in [0.2, 0.25) is 5.91 Å². The van der Waals surface area contributed by atoms with Crippen LogP contribution in [0.15, 0.2) is 83.8 Å². The highest BCUT2D eigenvalue weighted by Crippen LogP contribution is 2.30. The van der Waals surface area contributed by atoms with Crippen LogP contribution in [0, 0.1) is 11.3 Å². The number of rotatable bonds is 11. The van der Waals surface area contributed by atoms with Crippen LogP contribution < -0.4 is 10.5 Å². The van der Waals surface area contributed by atoms with Gasteiger partial charge in [0.15, 0.2) is 0 Å². The van der Waals surface area contributed by atoms with Gasteiger partial charge in [0.25, 0.3) is 0 Å². The monoisotopic (exact) mass is 503 g/mol. The summed E-state index contributed by atoms with van der Waals surface area (Å²) in [6.07, 6.45) is 0.316. The maximum atomic E-state index is 12.9. The summed E-state index contributed by atoms with van der Waals surface area (Å²) in [5.74, 6) is -0.133. The molecule has 186 valence electrons. The van der Waals surface area contributed by atoms with Crippen LogP contribution in [-0.2, 0) is 9.59 Å². The number of likely N-dealkylation sites (tertiary alicyclic amines) is 1. The fourth-order valence-electron chi connectivity index (χ4n) is 4.36. The highest BCUT2D eigenvalue weighted by atomic mass is 32.2. The predicted molar refractivity (Wildman–Crippen MR) is 141 cm³/mol. The Morgan fingerprint density at radius 2 is 1.67 bits per heavy atom. The molecule has 1 aliphatic heterocycles. The van der Waals surface area contributed by atoms with E-state index in [-0.39, 0.29) is 24.2 Å². The van der Waals surface area contributed by atoms with Crippen molar-refractivity contribution >= 4 is 29.5 Å². The van der Waals surface area contributed by atoms with E-state index >= 15 is 0 Å². The van der Waals surface area contributed by atoms with Gasteiger partial charge < -0.3 is 20.5 Å². The number of carboxylic acids is 1. The molecule has 1 heterocycles. The molecular formula is C28H29N3O4S. The quantitative estimate of drug-likeness (QED) is 0.202. The van der Waals surface area contributed by atoms with E-state index in [1.165, 1.54) is 0 Å². The summed E-state index contributed by atoms with van der Waals surface area (Å²) in [6.45, 7) is 0.849. The number of nitrogens with two attached hydrogens (primary N) is 1. The van der Waals surface area contributed by atoms with E-state index in [2.05, 4.69) is 0 Å². The number of nitrogens with one attached hydrogen (secondary N) is 1. The van der Waals surface area contributed by atoms with E-state index in [0.717, 1.165) is 21.8 Å². The first-order valence-electron chi connectivity index (χ1n) is 11.8. The zero-order valence-electron chi connectivity index (χ0n) is 19.8.